The van der Waals surface area contributed by atoms with Crippen LogP contribution in [0.4, 0.5) is 11.5 Å². The lowest BCUT2D eigenvalue weighted by Gasteiger charge is -2.29. The van der Waals surface area contributed by atoms with E-state index in [0.717, 1.165) is 48.2 Å². The van der Waals surface area contributed by atoms with Gasteiger partial charge in [-0.2, -0.15) is 0 Å². The number of piperidine rings is 1. The van der Waals surface area contributed by atoms with Crippen LogP contribution in [0, 0.1) is 10.1 Å². The molecule has 0 amide bonds. The van der Waals surface area contributed by atoms with Crippen molar-refractivity contribution in [3.05, 3.63) is 118 Å². The van der Waals surface area contributed by atoms with Crippen LogP contribution in [0.25, 0.3) is 22.7 Å². The Morgan fingerprint density at radius 2 is 1.79 bits per heavy atom. The molecule has 10 nitrogen and oxygen atoms in total. The van der Waals surface area contributed by atoms with Gasteiger partial charge in [0, 0.05) is 41.7 Å². The molecule has 42 heavy (non-hydrogen) atoms. The van der Waals surface area contributed by atoms with Gasteiger partial charge in [-0.1, -0.05) is 35.5 Å². The molecule has 0 N–H and O–H groups in total. The summed E-state index contributed by atoms with van der Waals surface area (Å²) < 4.78 is 7.41. The Balaban J connectivity index is 1.15. The van der Waals surface area contributed by atoms with E-state index in [1.54, 1.807) is 48.7 Å². The molecule has 1 saturated heterocycles. The third kappa shape index (κ3) is 6.02. The zero-order valence-corrected chi connectivity index (χ0v) is 22.8. The number of ketones is 1. The monoisotopic (exact) mass is 560 g/mol. The van der Waals surface area contributed by atoms with Crippen LogP contribution < -0.4 is 9.64 Å². The summed E-state index contributed by atoms with van der Waals surface area (Å²) in [5, 5.41) is 20.1. The zero-order chi connectivity index (χ0) is 28.9. The van der Waals surface area contributed by atoms with Crippen LogP contribution in [0.1, 0.15) is 40.9 Å². The summed E-state index contributed by atoms with van der Waals surface area (Å²) in [4.78, 5) is 30.9. The SMILES string of the molecule is O=C(/C=C/c1cc2ccccc2nc1N1CCCCC1)c1cccc(OCc2cn(-c3ccc([N+](=O)[O-])cc3)nn2)c1. The number of hydrogen-bond donors (Lipinski definition) is 0. The van der Waals surface area contributed by atoms with Gasteiger partial charge >= 0.3 is 0 Å². The smallest absolute Gasteiger partial charge is 0.269 e. The fraction of sp³-hybridized carbons (Fsp3) is 0.188. The fourth-order valence-electron chi connectivity index (χ4n) is 4.98. The fourth-order valence-corrected chi connectivity index (χ4v) is 4.98. The summed E-state index contributed by atoms with van der Waals surface area (Å²) in [6.07, 6.45) is 8.64. The van der Waals surface area contributed by atoms with E-state index < -0.39 is 4.92 Å². The summed E-state index contributed by atoms with van der Waals surface area (Å²) in [5.41, 5.74) is 3.59. The molecule has 0 spiro atoms. The number of fused-ring (bicyclic) bond motifs is 1. The van der Waals surface area contributed by atoms with Gasteiger partial charge in [-0.3, -0.25) is 14.9 Å². The summed E-state index contributed by atoms with van der Waals surface area (Å²) in [6.45, 7) is 2.06. The number of benzene rings is 3. The number of carbonyl (C=O) groups excluding carboxylic acids is 1. The Labute approximate surface area is 242 Å². The highest BCUT2D eigenvalue weighted by Gasteiger charge is 2.16. The van der Waals surface area contributed by atoms with Gasteiger partial charge in [0.15, 0.2) is 5.78 Å². The molecule has 3 aromatic carbocycles. The molecule has 2 aromatic heterocycles. The van der Waals surface area contributed by atoms with Crippen LogP contribution in [-0.2, 0) is 6.61 Å². The largest absolute Gasteiger partial charge is 0.487 e. The quantitative estimate of drug-likeness (QED) is 0.0907. The minimum atomic E-state index is -0.452. The molecule has 0 saturated carbocycles. The lowest BCUT2D eigenvalue weighted by Crippen LogP contribution is -2.30. The number of hydrogen-bond acceptors (Lipinski definition) is 8. The lowest BCUT2D eigenvalue weighted by atomic mass is 10.1. The van der Waals surface area contributed by atoms with Gasteiger partial charge in [-0.05, 0) is 67.8 Å². The number of nitrogens with zero attached hydrogens (tertiary/aromatic N) is 6. The number of ether oxygens (including phenoxy) is 1. The number of rotatable bonds is 9. The second kappa shape index (κ2) is 12.0. The Bertz CT molecular complexity index is 1770. The van der Waals surface area contributed by atoms with E-state index in [1.165, 1.54) is 23.2 Å². The first-order valence-electron chi connectivity index (χ1n) is 13.8. The van der Waals surface area contributed by atoms with E-state index in [2.05, 4.69) is 21.3 Å². The number of para-hydroxylation sites is 1. The number of aromatic nitrogens is 4. The average Bonchev–Trinajstić information content (AvgIpc) is 3.52. The van der Waals surface area contributed by atoms with Crippen LogP contribution in [-0.4, -0.2) is 43.8 Å². The summed E-state index contributed by atoms with van der Waals surface area (Å²) >= 11 is 0. The highest BCUT2D eigenvalue weighted by atomic mass is 16.6. The second-order valence-electron chi connectivity index (χ2n) is 10.1. The third-order valence-electron chi connectivity index (χ3n) is 7.17. The van der Waals surface area contributed by atoms with Crippen molar-refractivity contribution in [3.63, 3.8) is 0 Å². The van der Waals surface area contributed by atoms with E-state index in [-0.39, 0.29) is 18.1 Å². The average molecular weight is 561 g/mol. The van der Waals surface area contributed by atoms with Crippen molar-refractivity contribution in [1.82, 2.24) is 20.0 Å². The van der Waals surface area contributed by atoms with Crippen molar-refractivity contribution >= 4 is 34.3 Å². The van der Waals surface area contributed by atoms with E-state index >= 15 is 0 Å². The van der Waals surface area contributed by atoms with E-state index in [0.29, 0.717) is 22.7 Å². The number of pyridine rings is 1. The van der Waals surface area contributed by atoms with E-state index in [4.69, 9.17) is 9.72 Å². The Hall–Kier alpha value is -5.38. The number of non-ortho nitro benzene ring substituents is 1. The van der Waals surface area contributed by atoms with Gasteiger partial charge < -0.3 is 9.64 Å². The van der Waals surface area contributed by atoms with Crippen LogP contribution >= 0.6 is 0 Å². The molecule has 0 aliphatic carbocycles. The van der Waals surface area contributed by atoms with Gasteiger partial charge in [-0.25, -0.2) is 9.67 Å². The molecule has 1 aliphatic rings. The number of nitro groups is 1. The predicted octanol–water partition coefficient (Wildman–Crippen LogP) is 6.19. The maximum atomic E-state index is 13.2. The summed E-state index contributed by atoms with van der Waals surface area (Å²) in [5.74, 6) is 1.30. The maximum Gasteiger partial charge on any atom is 0.269 e. The first-order chi connectivity index (χ1) is 20.5. The molecule has 6 rings (SSSR count). The van der Waals surface area contributed by atoms with Crippen molar-refractivity contribution in [2.75, 3.05) is 18.0 Å². The Kier molecular flexibility index (Phi) is 7.67. The zero-order valence-electron chi connectivity index (χ0n) is 22.8. The molecule has 0 atom stereocenters. The van der Waals surface area contributed by atoms with Gasteiger partial charge in [0.1, 0.15) is 23.9 Å². The van der Waals surface area contributed by atoms with Crippen molar-refractivity contribution in [2.24, 2.45) is 0 Å². The molecular weight excluding hydrogens is 532 g/mol. The van der Waals surface area contributed by atoms with Gasteiger partial charge in [0.2, 0.25) is 0 Å². The van der Waals surface area contributed by atoms with Crippen LogP contribution in [0.3, 0.4) is 0 Å². The molecule has 0 radical (unpaired) electrons. The number of nitro benzene ring substituents is 1. The second-order valence-corrected chi connectivity index (χ2v) is 10.1. The Morgan fingerprint density at radius 3 is 2.60 bits per heavy atom. The third-order valence-corrected chi connectivity index (χ3v) is 7.17. The van der Waals surface area contributed by atoms with Crippen LogP contribution in [0.2, 0.25) is 0 Å². The number of carbonyl (C=O) groups is 1. The number of anilines is 1. The molecular formula is C32H28N6O4. The highest BCUT2D eigenvalue weighted by Crippen LogP contribution is 2.28. The minimum Gasteiger partial charge on any atom is -0.487 e. The molecule has 5 aromatic rings. The molecule has 1 fully saturated rings. The molecule has 3 heterocycles. The van der Waals surface area contributed by atoms with E-state index in [9.17, 15) is 14.9 Å². The van der Waals surface area contributed by atoms with Crippen molar-refractivity contribution in [2.45, 2.75) is 25.9 Å². The van der Waals surface area contributed by atoms with E-state index in [1.807, 2.05) is 30.3 Å². The summed E-state index contributed by atoms with van der Waals surface area (Å²) in [6, 6.07) is 23.2. The highest BCUT2D eigenvalue weighted by molar-refractivity contribution is 6.07. The maximum absolute atomic E-state index is 13.2. The van der Waals surface area contributed by atoms with Crippen molar-refractivity contribution in [1.29, 1.82) is 0 Å². The molecule has 210 valence electrons. The first-order valence-corrected chi connectivity index (χ1v) is 13.8. The normalized spacial score (nSPS) is 13.5. The van der Waals surface area contributed by atoms with Gasteiger partial charge in [-0.15, -0.1) is 5.10 Å². The molecule has 10 heteroatoms. The topological polar surface area (TPSA) is 116 Å². The first kappa shape index (κ1) is 26.8. The van der Waals surface area contributed by atoms with Crippen molar-refractivity contribution in [3.8, 4) is 11.4 Å². The van der Waals surface area contributed by atoms with Crippen molar-refractivity contribution < 1.29 is 14.5 Å². The summed E-state index contributed by atoms with van der Waals surface area (Å²) in [7, 11) is 0. The number of allylic oxidation sites excluding steroid dienone is 1. The lowest BCUT2D eigenvalue weighted by molar-refractivity contribution is -0.384. The van der Waals surface area contributed by atoms with Crippen LogP contribution in [0.15, 0.2) is 91.1 Å². The van der Waals surface area contributed by atoms with Gasteiger partial charge in [0.25, 0.3) is 5.69 Å². The standard InChI is InChI=1S/C32H28N6O4/c39-31(16-11-25-19-23-7-2-3-10-30(23)33-32(25)36-17-4-1-5-18-36)24-8-6-9-29(20-24)42-22-26-21-37(35-34-26)27-12-14-28(15-13-27)38(40)41/h2-3,6-16,19-21H,1,4-5,17-18,22H2/b16-11+. The minimum absolute atomic E-state index is 0.00284. The molecule has 1 aliphatic heterocycles. The Morgan fingerprint density at radius 1 is 0.976 bits per heavy atom. The van der Waals surface area contributed by atoms with Gasteiger partial charge in [0.05, 0.1) is 22.3 Å². The van der Waals surface area contributed by atoms with Crippen LogP contribution in [0.5, 0.6) is 5.75 Å². The molecule has 0 bridgehead atoms. The predicted molar refractivity (Wildman–Crippen MR) is 160 cm³/mol. The molecule has 0 unspecified atom stereocenters.